The minimum absolute atomic E-state index is 0.0101. The van der Waals surface area contributed by atoms with Gasteiger partial charge in [0.1, 0.15) is 5.75 Å². The van der Waals surface area contributed by atoms with Gasteiger partial charge in [-0.25, -0.2) is 4.85 Å². The average Bonchev–Trinajstić information content (AvgIpc) is 2.85. The summed E-state index contributed by atoms with van der Waals surface area (Å²) in [5.74, 6) is 0.694. The Hall–Kier alpha value is -2.79. The lowest BCUT2D eigenvalue weighted by molar-refractivity contribution is -0.00267. The number of amides is 1. The second kappa shape index (κ2) is 10.4. The predicted molar refractivity (Wildman–Crippen MR) is 127 cm³/mol. The van der Waals surface area contributed by atoms with E-state index in [0.717, 1.165) is 5.69 Å². The quantitative estimate of drug-likeness (QED) is 0.643. The average molecular weight is 470 g/mol. The van der Waals surface area contributed by atoms with Gasteiger partial charge in [-0.15, -0.1) is 0 Å². The molecule has 1 amide bonds. The minimum Gasteiger partial charge on any atom is -0.493 e. The first kappa shape index (κ1) is 23.4. The maximum Gasteiger partial charge on any atom is 0.254 e. The summed E-state index contributed by atoms with van der Waals surface area (Å²) < 4.78 is 11.1. The first-order chi connectivity index (χ1) is 16.0. The largest absolute Gasteiger partial charge is 0.493 e. The highest BCUT2D eigenvalue weighted by molar-refractivity contribution is 6.33. The van der Waals surface area contributed by atoms with Crippen molar-refractivity contribution in [2.75, 3.05) is 50.9 Å². The van der Waals surface area contributed by atoms with Gasteiger partial charge in [-0.05, 0) is 49.2 Å². The summed E-state index contributed by atoms with van der Waals surface area (Å²) in [5, 5.41) is 11.4. The minimum atomic E-state index is -0.775. The first-order valence-corrected chi connectivity index (χ1v) is 11.6. The molecule has 2 aromatic carbocycles. The number of piperidine rings is 1. The van der Waals surface area contributed by atoms with E-state index < -0.39 is 5.60 Å². The van der Waals surface area contributed by atoms with Gasteiger partial charge in [0.2, 0.25) is 5.69 Å². The summed E-state index contributed by atoms with van der Waals surface area (Å²) in [6, 6.07) is 12.6. The van der Waals surface area contributed by atoms with Gasteiger partial charge in [-0.3, -0.25) is 4.79 Å². The van der Waals surface area contributed by atoms with Gasteiger partial charge in [0.05, 0.1) is 32.0 Å². The first-order valence-electron chi connectivity index (χ1n) is 11.2. The van der Waals surface area contributed by atoms with E-state index in [1.807, 2.05) is 12.1 Å². The third kappa shape index (κ3) is 5.77. The Labute approximate surface area is 199 Å². The molecule has 0 radical (unpaired) electrons. The number of morpholine rings is 1. The monoisotopic (exact) mass is 469 g/mol. The zero-order valence-electron chi connectivity index (χ0n) is 18.5. The molecule has 174 valence electrons. The summed E-state index contributed by atoms with van der Waals surface area (Å²) in [5.41, 5.74) is 1.28. The van der Waals surface area contributed by atoms with E-state index in [1.165, 1.54) is 0 Å². The van der Waals surface area contributed by atoms with Gasteiger partial charge in [-0.1, -0.05) is 17.7 Å². The van der Waals surface area contributed by atoms with Crippen LogP contribution in [0.25, 0.3) is 4.85 Å². The molecule has 2 aliphatic rings. The molecule has 0 unspecified atom stereocenters. The lowest BCUT2D eigenvalue weighted by atomic mass is 9.88. The van der Waals surface area contributed by atoms with Crippen LogP contribution in [0.3, 0.4) is 0 Å². The molecule has 33 heavy (non-hydrogen) atoms. The van der Waals surface area contributed by atoms with E-state index in [0.29, 0.717) is 87.3 Å². The molecule has 0 saturated carbocycles. The van der Waals surface area contributed by atoms with E-state index in [4.69, 9.17) is 27.6 Å². The molecule has 8 heteroatoms. The Morgan fingerprint density at radius 3 is 2.45 bits per heavy atom. The van der Waals surface area contributed by atoms with Crippen LogP contribution in [0.15, 0.2) is 42.5 Å². The maximum atomic E-state index is 12.5. The summed E-state index contributed by atoms with van der Waals surface area (Å²) >= 11 is 6.17. The molecular weight excluding hydrogens is 442 g/mol. The number of rotatable bonds is 6. The molecule has 0 bridgehead atoms. The number of carbonyl (C=O) groups is 1. The van der Waals surface area contributed by atoms with E-state index in [1.54, 1.807) is 35.2 Å². The summed E-state index contributed by atoms with van der Waals surface area (Å²) in [6.45, 7) is 11.3. The Morgan fingerprint density at radius 1 is 1.12 bits per heavy atom. The zero-order chi connectivity index (χ0) is 23.3. The lowest BCUT2D eigenvalue weighted by Gasteiger charge is -2.39. The van der Waals surface area contributed by atoms with Crippen LogP contribution in [0.4, 0.5) is 11.4 Å². The number of hydrogen-bond acceptors (Lipinski definition) is 5. The van der Waals surface area contributed by atoms with Crippen LogP contribution in [0.5, 0.6) is 5.75 Å². The number of anilines is 1. The number of hydrogen-bond donors (Lipinski definition) is 1. The molecule has 2 saturated heterocycles. The van der Waals surface area contributed by atoms with Crippen molar-refractivity contribution in [2.24, 2.45) is 0 Å². The summed E-state index contributed by atoms with van der Waals surface area (Å²) in [6.07, 6.45) is 1.80. The highest BCUT2D eigenvalue weighted by atomic mass is 35.5. The topological polar surface area (TPSA) is 66.6 Å². The Morgan fingerprint density at radius 2 is 1.82 bits per heavy atom. The molecule has 2 aromatic rings. The van der Waals surface area contributed by atoms with Crippen molar-refractivity contribution in [1.29, 1.82) is 0 Å². The van der Waals surface area contributed by atoms with E-state index in [-0.39, 0.29) is 5.91 Å². The number of aliphatic hydroxyl groups is 1. The molecule has 0 aliphatic carbocycles. The van der Waals surface area contributed by atoms with Crippen molar-refractivity contribution in [3.63, 3.8) is 0 Å². The zero-order valence-corrected chi connectivity index (χ0v) is 19.3. The van der Waals surface area contributed by atoms with Crippen LogP contribution < -0.4 is 9.64 Å². The molecule has 7 nitrogen and oxygen atoms in total. The van der Waals surface area contributed by atoms with E-state index in [2.05, 4.69) is 9.74 Å². The van der Waals surface area contributed by atoms with Crippen molar-refractivity contribution in [1.82, 2.24) is 4.90 Å². The maximum absolute atomic E-state index is 12.5. The van der Waals surface area contributed by atoms with Crippen LogP contribution in [0.2, 0.25) is 5.02 Å². The van der Waals surface area contributed by atoms with Gasteiger partial charge in [0, 0.05) is 48.9 Å². The van der Waals surface area contributed by atoms with E-state index in [9.17, 15) is 9.90 Å². The molecule has 4 rings (SSSR count). The molecule has 0 atom stereocenters. The van der Waals surface area contributed by atoms with Crippen LogP contribution in [-0.4, -0.2) is 67.5 Å². The Kier molecular flexibility index (Phi) is 7.39. The summed E-state index contributed by atoms with van der Waals surface area (Å²) in [7, 11) is 0. The van der Waals surface area contributed by atoms with Crippen molar-refractivity contribution >= 4 is 28.9 Å². The number of nitrogens with zero attached hydrogens (tertiary/aromatic N) is 3. The third-order valence-corrected chi connectivity index (χ3v) is 6.65. The fraction of sp³-hybridized carbons (Fsp3) is 0.440. The fourth-order valence-corrected chi connectivity index (χ4v) is 4.43. The van der Waals surface area contributed by atoms with Crippen molar-refractivity contribution in [3.05, 3.63) is 64.5 Å². The molecular formula is C25H28ClN3O4. The molecule has 2 aliphatic heterocycles. The van der Waals surface area contributed by atoms with Crippen molar-refractivity contribution in [2.45, 2.75) is 24.9 Å². The number of benzene rings is 2. The molecule has 0 spiro atoms. The van der Waals surface area contributed by atoms with Gasteiger partial charge in [0.15, 0.2) is 0 Å². The smallest absolute Gasteiger partial charge is 0.254 e. The van der Waals surface area contributed by atoms with Gasteiger partial charge in [0.25, 0.3) is 5.91 Å². The van der Waals surface area contributed by atoms with Crippen molar-refractivity contribution < 1.29 is 19.4 Å². The molecule has 2 fully saturated rings. The second-order valence-electron chi connectivity index (χ2n) is 8.49. The summed E-state index contributed by atoms with van der Waals surface area (Å²) in [4.78, 5) is 19.9. The predicted octanol–water partition coefficient (Wildman–Crippen LogP) is 4.16. The number of carbonyl (C=O) groups excluding carboxylic acids is 1. The Balaban J connectivity index is 1.24. The highest BCUT2D eigenvalue weighted by Crippen LogP contribution is 2.33. The number of ether oxygens (including phenoxy) is 2. The van der Waals surface area contributed by atoms with Crippen molar-refractivity contribution in [3.8, 4) is 5.75 Å². The fourth-order valence-electron chi connectivity index (χ4n) is 4.22. The third-order valence-electron chi connectivity index (χ3n) is 6.35. The normalized spacial score (nSPS) is 18.0. The molecule has 0 aromatic heterocycles. The number of halogens is 1. The van der Waals surface area contributed by atoms with Crippen LogP contribution in [-0.2, 0) is 4.74 Å². The second-order valence-corrected chi connectivity index (χ2v) is 8.89. The standard InChI is InChI=1S/C25H28ClN3O4/c1-27-23-7-4-20(18-22(23)26)28-11-8-25(31,9-12-28)10-15-33-21-5-2-19(3-6-21)24(30)29-13-16-32-17-14-29/h2-7,18,31H,8-17H2. The SMILES string of the molecule is [C-]#[N+]c1ccc(N2CCC(O)(CCOc3ccc(C(=O)N4CCOCC4)cc3)CC2)cc1Cl. The van der Waals surface area contributed by atoms with Crippen LogP contribution >= 0.6 is 11.6 Å². The van der Waals surface area contributed by atoms with Crippen LogP contribution in [0.1, 0.15) is 29.6 Å². The van der Waals surface area contributed by atoms with E-state index >= 15 is 0 Å². The van der Waals surface area contributed by atoms with Gasteiger partial charge >= 0.3 is 0 Å². The lowest BCUT2D eigenvalue weighted by Crippen LogP contribution is -2.45. The Bertz CT molecular complexity index is 1010. The van der Waals surface area contributed by atoms with Gasteiger partial charge in [-0.2, -0.15) is 0 Å². The molecule has 1 N–H and O–H groups in total. The van der Waals surface area contributed by atoms with Gasteiger partial charge < -0.3 is 24.4 Å². The molecule has 2 heterocycles. The highest BCUT2D eigenvalue weighted by Gasteiger charge is 2.32. The van der Waals surface area contributed by atoms with Crippen LogP contribution in [0, 0.1) is 6.57 Å².